The van der Waals surface area contributed by atoms with Gasteiger partial charge in [0, 0.05) is 5.69 Å². The Labute approximate surface area is 119 Å². The van der Waals surface area contributed by atoms with E-state index in [1.807, 2.05) is 6.07 Å². The summed E-state index contributed by atoms with van der Waals surface area (Å²) >= 11 is 5.97. The van der Waals surface area contributed by atoms with Crippen molar-refractivity contribution in [2.75, 3.05) is 5.73 Å². The third kappa shape index (κ3) is 2.82. The van der Waals surface area contributed by atoms with E-state index in [1.165, 1.54) is 12.1 Å². The van der Waals surface area contributed by atoms with Gasteiger partial charge in [0.25, 0.3) is 0 Å². The van der Waals surface area contributed by atoms with Crippen molar-refractivity contribution in [3.8, 4) is 17.6 Å². The standard InChI is InChI=1S/C14H9ClN2O3/c15-12-6-9(17)5-11(14(18)19)13(12)20-10-3-1-8(7-16)2-4-10/h1-6H,17H2,(H,18,19). The number of anilines is 1. The first kappa shape index (κ1) is 13.7. The summed E-state index contributed by atoms with van der Waals surface area (Å²) in [6, 6.07) is 10.9. The van der Waals surface area contributed by atoms with Crippen molar-refractivity contribution in [1.29, 1.82) is 5.26 Å². The van der Waals surface area contributed by atoms with Crippen LogP contribution in [0.25, 0.3) is 0 Å². The molecule has 100 valence electrons. The molecule has 0 atom stereocenters. The van der Waals surface area contributed by atoms with Gasteiger partial charge in [-0.15, -0.1) is 0 Å². The molecular formula is C14H9ClN2O3. The quantitative estimate of drug-likeness (QED) is 0.845. The van der Waals surface area contributed by atoms with Crippen LogP contribution in [0.15, 0.2) is 36.4 Å². The second-order valence-corrected chi connectivity index (χ2v) is 4.33. The number of ether oxygens (including phenoxy) is 1. The van der Waals surface area contributed by atoms with Crippen LogP contribution >= 0.6 is 11.6 Å². The molecule has 0 aromatic heterocycles. The monoisotopic (exact) mass is 288 g/mol. The summed E-state index contributed by atoms with van der Waals surface area (Å²) < 4.78 is 5.48. The van der Waals surface area contributed by atoms with E-state index < -0.39 is 5.97 Å². The van der Waals surface area contributed by atoms with E-state index >= 15 is 0 Å². The van der Waals surface area contributed by atoms with Gasteiger partial charge < -0.3 is 15.6 Å². The Morgan fingerprint density at radius 1 is 1.30 bits per heavy atom. The first-order valence-corrected chi connectivity index (χ1v) is 5.89. The fraction of sp³-hybridized carbons (Fsp3) is 0. The molecule has 0 spiro atoms. The number of nitrogen functional groups attached to an aromatic ring is 1. The average Bonchev–Trinajstić information content (AvgIpc) is 2.42. The van der Waals surface area contributed by atoms with Gasteiger partial charge in [0.15, 0.2) is 5.75 Å². The normalized spacial score (nSPS) is 9.80. The smallest absolute Gasteiger partial charge is 0.339 e. The maximum Gasteiger partial charge on any atom is 0.339 e. The Bertz CT molecular complexity index is 706. The third-order valence-electron chi connectivity index (χ3n) is 2.50. The number of carboxylic acid groups (broad SMARTS) is 1. The van der Waals surface area contributed by atoms with Gasteiger partial charge in [0.1, 0.15) is 11.3 Å². The van der Waals surface area contributed by atoms with E-state index in [-0.39, 0.29) is 22.0 Å². The minimum absolute atomic E-state index is 0.0121. The molecule has 0 heterocycles. The minimum atomic E-state index is -1.19. The number of rotatable bonds is 3. The lowest BCUT2D eigenvalue weighted by atomic mass is 10.1. The topological polar surface area (TPSA) is 96.3 Å². The first-order valence-electron chi connectivity index (χ1n) is 5.51. The Morgan fingerprint density at radius 3 is 2.50 bits per heavy atom. The Morgan fingerprint density at radius 2 is 1.95 bits per heavy atom. The number of nitriles is 1. The predicted octanol–water partition coefficient (Wildman–Crippen LogP) is 3.28. The summed E-state index contributed by atoms with van der Waals surface area (Å²) in [4.78, 5) is 11.2. The molecule has 2 aromatic rings. The zero-order valence-corrected chi connectivity index (χ0v) is 10.9. The van der Waals surface area contributed by atoms with Crippen molar-refractivity contribution in [3.05, 3.63) is 52.5 Å². The van der Waals surface area contributed by atoms with Gasteiger partial charge in [0.05, 0.1) is 16.7 Å². The van der Waals surface area contributed by atoms with Crippen LogP contribution in [0.2, 0.25) is 5.02 Å². The van der Waals surface area contributed by atoms with Crippen LogP contribution in [-0.2, 0) is 0 Å². The molecule has 0 saturated heterocycles. The number of hydrogen-bond acceptors (Lipinski definition) is 4. The molecular weight excluding hydrogens is 280 g/mol. The van der Waals surface area contributed by atoms with Crippen LogP contribution in [0.3, 0.4) is 0 Å². The molecule has 2 rings (SSSR count). The number of carbonyl (C=O) groups is 1. The molecule has 6 heteroatoms. The summed E-state index contributed by atoms with van der Waals surface area (Å²) in [5.41, 5.74) is 6.14. The number of benzene rings is 2. The molecule has 0 amide bonds. The molecule has 0 unspecified atom stereocenters. The Balaban J connectivity index is 2.42. The molecule has 0 aliphatic carbocycles. The molecule has 5 nitrogen and oxygen atoms in total. The third-order valence-corrected chi connectivity index (χ3v) is 2.78. The van der Waals surface area contributed by atoms with Crippen LogP contribution in [-0.4, -0.2) is 11.1 Å². The highest BCUT2D eigenvalue weighted by atomic mass is 35.5. The van der Waals surface area contributed by atoms with Crippen LogP contribution in [0.1, 0.15) is 15.9 Å². The van der Waals surface area contributed by atoms with Crippen molar-refractivity contribution >= 4 is 23.3 Å². The minimum Gasteiger partial charge on any atom is -0.478 e. The highest BCUT2D eigenvalue weighted by molar-refractivity contribution is 6.33. The number of hydrogen-bond donors (Lipinski definition) is 2. The van der Waals surface area contributed by atoms with Crippen molar-refractivity contribution in [1.82, 2.24) is 0 Å². The van der Waals surface area contributed by atoms with E-state index in [9.17, 15) is 4.79 Å². The highest BCUT2D eigenvalue weighted by Crippen LogP contribution is 2.35. The van der Waals surface area contributed by atoms with Gasteiger partial charge in [-0.3, -0.25) is 0 Å². The largest absolute Gasteiger partial charge is 0.478 e. The highest BCUT2D eigenvalue weighted by Gasteiger charge is 2.17. The first-order chi connectivity index (χ1) is 9.51. The number of aromatic carboxylic acids is 1. The van der Waals surface area contributed by atoms with Gasteiger partial charge in [-0.1, -0.05) is 11.6 Å². The van der Waals surface area contributed by atoms with E-state index in [0.717, 1.165) is 0 Å². The number of carboxylic acids is 1. The van der Waals surface area contributed by atoms with Crippen LogP contribution in [0, 0.1) is 11.3 Å². The number of halogens is 1. The second-order valence-electron chi connectivity index (χ2n) is 3.92. The Hall–Kier alpha value is -2.71. The van der Waals surface area contributed by atoms with Gasteiger partial charge in [-0.25, -0.2) is 4.79 Å². The molecule has 3 N–H and O–H groups in total. The summed E-state index contributed by atoms with van der Waals surface area (Å²) in [7, 11) is 0. The lowest BCUT2D eigenvalue weighted by Gasteiger charge is -2.11. The molecule has 0 radical (unpaired) electrons. The summed E-state index contributed by atoms with van der Waals surface area (Å²) in [5, 5.41) is 17.9. The van der Waals surface area contributed by atoms with E-state index in [1.54, 1.807) is 24.3 Å². The molecule has 0 saturated carbocycles. The maximum absolute atomic E-state index is 11.2. The zero-order chi connectivity index (χ0) is 14.7. The molecule has 0 bridgehead atoms. The second kappa shape index (κ2) is 5.51. The zero-order valence-electron chi connectivity index (χ0n) is 10.1. The van der Waals surface area contributed by atoms with Crippen molar-refractivity contribution < 1.29 is 14.6 Å². The molecule has 20 heavy (non-hydrogen) atoms. The van der Waals surface area contributed by atoms with E-state index in [2.05, 4.69) is 0 Å². The number of nitrogens with two attached hydrogens (primary N) is 1. The molecule has 0 fully saturated rings. The fourth-order valence-electron chi connectivity index (χ4n) is 1.59. The van der Waals surface area contributed by atoms with Crippen LogP contribution < -0.4 is 10.5 Å². The van der Waals surface area contributed by atoms with Gasteiger partial charge in [-0.05, 0) is 36.4 Å². The van der Waals surface area contributed by atoms with Crippen molar-refractivity contribution in [3.63, 3.8) is 0 Å². The molecule has 0 aliphatic heterocycles. The predicted molar refractivity (Wildman–Crippen MR) is 74.1 cm³/mol. The molecule has 2 aromatic carbocycles. The lowest BCUT2D eigenvalue weighted by Crippen LogP contribution is -2.02. The Kier molecular flexibility index (Phi) is 3.78. The SMILES string of the molecule is N#Cc1ccc(Oc2c(Cl)cc(N)cc2C(=O)O)cc1. The molecule has 0 aliphatic rings. The van der Waals surface area contributed by atoms with Crippen LogP contribution in [0.4, 0.5) is 5.69 Å². The van der Waals surface area contributed by atoms with E-state index in [4.69, 9.17) is 32.4 Å². The lowest BCUT2D eigenvalue weighted by molar-refractivity contribution is 0.0694. The average molecular weight is 289 g/mol. The van der Waals surface area contributed by atoms with Crippen molar-refractivity contribution in [2.24, 2.45) is 0 Å². The van der Waals surface area contributed by atoms with Gasteiger partial charge in [-0.2, -0.15) is 5.26 Å². The van der Waals surface area contributed by atoms with Crippen molar-refractivity contribution in [2.45, 2.75) is 0 Å². The fourth-order valence-corrected chi connectivity index (χ4v) is 1.86. The number of nitrogens with zero attached hydrogens (tertiary/aromatic N) is 1. The summed E-state index contributed by atoms with van der Waals surface area (Å²) in [5.74, 6) is -0.806. The van der Waals surface area contributed by atoms with Gasteiger partial charge >= 0.3 is 5.97 Å². The summed E-state index contributed by atoms with van der Waals surface area (Å²) in [6.07, 6.45) is 0. The maximum atomic E-state index is 11.2. The van der Waals surface area contributed by atoms with Crippen LogP contribution in [0.5, 0.6) is 11.5 Å². The summed E-state index contributed by atoms with van der Waals surface area (Å²) in [6.45, 7) is 0. The van der Waals surface area contributed by atoms with E-state index in [0.29, 0.717) is 11.3 Å². The van der Waals surface area contributed by atoms with Gasteiger partial charge in [0.2, 0.25) is 0 Å².